The largest absolute Gasteiger partial charge is 0.461 e. The van der Waals surface area contributed by atoms with Gasteiger partial charge in [-0.3, -0.25) is 14.5 Å². The van der Waals surface area contributed by atoms with Gasteiger partial charge in [0.05, 0.1) is 18.7 Å². The molecule has 0 radical (unpaired) electrons. The Bertz CT molecular complexity index is 1290. The maximum absolute atomic E-state index is 13.4. The molecule has 2 heterocycles. The van der Waals surface area contributed by atoms with E-state index in [0.717, 1.165) is 6.07 Å². The molecule has 11 heteroatoms. The van der Waals surface area contributed by atoms with E-state index in [2.05, 4.69) is 4.98 Å². The smallest absolute Gasteiger partial charge is 0.417 e. The van der Waals surface area contributed by atoms with Crippen LogP contribution in [0.1, 0.15) is 5.56 Å². The van der Waals surface area contributed by atoms with E-state index in [1.54, 1.807) is 6.07 Å². The first kappa shape index (κ1) is 22.3. The Morgan fingerprint density at radius 3 is 2.67 bits per heavy atom. The molecule has 1 aromatic heterocycles. The van der Waals surface area contributed by atoms with Crippen molar-refractivity contribution in [1.82, 2.24) is 4.98 Å². The molecule has 3 N–H and O–H groups in total. The molecule has 3 aromatic rings. The van der Waals surface area contributed by atoms with Crippen LogP contribution >= 0.6 is 0 Å². The van der Waals surface area contributed by atoms with Crippen molar-refractivity contribution in [2.24, 2.45) is 5.73 Å². The topological polar surface area (TPSA) is 115 Å². The summed E-state index contributed by atoms with van der Waals surface area (Å²) in [5.41, 5.74) is 3.93. The van der Waals surface area contributed by atoms with Gasteiger partial charge >= 0.3 is 18.2 Å². The summed E-state index contributed by atoms with van der Waals surface area (Å²) in [5.74, 6) is -0.635. The minimum absolute atomic E-state index is 0.0236. The lowest BCUT2D eigenvalue weighted by atomic mass is 10.0. The molecule has 2 aromatic carbocycles. The molecule has 1 aliphatic rings. The van der Waals surface area contributed by atoms with Crippen LogP contribution in [0.4, 0.5) is 23.7 Å². The SMILES string of the molecule is NCC(=O)OCC1CN(c2ccc3cc(-c4ccccc4C(F)(F)F)[nH]c(=O)c3c2)C(=O)O1. The van der Waals surface area contributed by atoms with Gasteiger partial charge < -0.3 is 20.2 Å². The standard InChI is InChI=1S/C22H18F3N3O5/c23-22(24,25)17-4-2-1-3-15(17)18-7-12-5-6-13(8-16(12)20(30)27-18)28-10-14(33-21(28)31)11-32-19(29)9-26/h1-8,14H,9-11,26H2,(H,27,30). The monoisotopic (exact) mass is 461 g/mol. The van der Waals surface area contributed by atoms with Gasteiger partial charge in [0.15, 0.2) is 6.10 Å². The number of rotatable bonds is 5. The zero-order valence-electron chi connectivity index (χ0n) is 17.0. The third kappa shape index (κ3) is 4.53. The van der Waals surface area contributed by atoms with Crippen LogP contribution in [0.25, 0.3) is 22.0 Å². The number of alkyl halides is 3. The normalized spacial score (nSPS) is 16.2. The molecule has 0 spiro atoms. The summed E-state index contributed by atoms with van der Waals surface area (Å²) in [7, 11) is 0. The molecule has 1 aliphatic heterocycles. The number of H-pyrrole nitrogens is 1. The van der Waals surface area contributed by atoms with E-state index in [9.17, 15) is 27.6 Å². The average Bonchev–Trinajstić information content (AvgIpc) is 3.17. The molecule has 0 aliphatic carbocycles. The van der Waals surface area contributed by atoms with Crippen molar-refractivity contribution in [3.63, 3.8) is 0 Å². The van der Waals surface area contributed by atoms with Gasteiger partial charge in [0.25, 0.3) is 5.56 Å². The zero-order valence-corrected chi connectivity index (χ0v) is 17.0. The third-order valence-corrected chi connectivity index (χ3v) is 5.13. The molecule has 1 atom stereocenters. The van der Waals surface area contributed by atoms with Crippen molar-refractivity contribution in [1.29, 1.82) is 0 Å². The maximum Gasteiger partial charge on any atom is 0.417 e. The van der Waals surface area contributed by atoms with Crippen molar-refractivity contribution in [2.75, 3.05) is 24.6 Å². The van der Waals surface area contributed by atoms with E-state index in [1.807, 2.05) is 0 Å². The number of aromatic nitrogens is 1. The van der Waals surface area contributed by atoms with Crippen molar-refractivity contribution < 1.29 is 32.2 Å². The van der Waals surface area contributed by atoms with Crippen LogP contribution in [0.15, 0.2) is 53.3 Å². The third-order valence-electron chi connectivity index (χ3n) is 5.13. The van der Waals surface area contributed by atoms with Crippen molar-refractivity contribution in [2.45, 2.75) is 12.3 Å². The lowest BCUT2D eigenvalue weighted by Gasteiger charge is -2.15. The summed E-state index contributed by atoms with van der Waals surface area (Å²) in [5, 5.41) is 0.585. The molecular weight excluding hydrogens is 443 g/mol. The van der Waals surface area contributed by atoms with Crippen LogP contribution in [-0.4, -0.2) is 42.8 Å². The minimum Gasteiger partial charge on any atom is -0.461 e. The summed E-state index contributed by atoms with van der Waals surface area (Å²) >= 11 is 0. The number of ether oxygens (including phenoxy) is 2. The molecule has 1 saturated heterocycles. The molecule has 8 nitrogen and oxygen atoms in total. The number of carbonyl (C=O) groups is 2. The van der Waals surface area contributed by atoms with Gasteiger partial charge in [-0.25, -0.2) is 4.79 Å². The second-order valence-corrected chi connectivity index (χ2v) is 7.33. The number of nitrogens with two attached hydrogens (primary N) is 1. The van der Waals surface area contributed by atoms with Crippen molar-refractivity contribution in [3.05, 3.63) is 64.4 Å². The van der Waals surface area contributed by atoms with Gasteiger partial charge in [0, 0.05) is 22.3 Å². The number of aromatic amines is 1. The Hall–Kier alpha value is -3.86. The number of carbonyl (C=O) groups excluding carboxylic acids is 2. The molecule has 0 saturated carbocycles. The molecule has 1 amide bonds. The van der Waals surface area contributed by atoms with Gasteiger partial charge in [0.2, 0.25) is 0 Å². The quantitative estimate of drug-likeness (QED) is 0.565. The predicted octanol–water partition coefficient (Wildman–Crippen LogP) is 3.04. The summed E-state index contributed by atoms with van der Waals surface area (Å²) in [4.78, 5) is 39.9. The molecule has 1 unspecified atom stereocenters. The van der Waals surface area contributed by atoms with Crippen LogP contribution in [0.5, 0.6) is 0 Å². The number of hydrogen-bond donors (Lipinski definition) is 2. The van der Waals surface area contributed by atoms with Gasteiger partial charge in [-0.05, 0) is 29.7 Å². The van der Waals surface area contributed by atoms with Gasteiger partial charge in [-0.1, -0.05) is 24.3 Å². The van der Waals surface area contributed by atoms with E-state index < -0.39 is 35.5 Å². The second-order valence-electron chi connectivity index (χ2n) is 7.33. The Balaban J connectivity index is 1.64. The molecule has 172 valence electrons. The summed E-state index contributed by atoms with van der Waals surface area (Å²) in [6, 6.07) is 10.9. The van der Waals surface area contributed by atoms with Crippen LogP contribution in [0, 0.1) is 0 Å². The lowest BCUT2D eigenvalue weighted by Crippen LogP contribution is -2.28. The highest BCUT2D eigenvalue weighted by atomic mass is 19.4. The summed E-state index contributed by atoms with van der Waals surface area (Å²) < 4.78 is 50.2. The fourth-order valence-corrected chi connectivity index (χ4v) is 3.59. The maximum atomic E-state index is 13.4. The number of esters is 1. The number of halogens is 3. The fourth-order valence-electron chi connectivity index (χ4n) is 3.59. The van der Waals surface area contributed by atoms with E-state index in [0.29, 0.717) is 11.1 Å². The number of nitrogens with one attached hydrogen (secondary N) is 1. The Morgan fingerprint density at radius 1 is 1.18 bits per heavy atom. The highest BCUT2D eigenvalue weighted by Gasteiger charge is 2.34. The first-order valence-electron chi connectivity index (χ1n) is 9.85. The van der Waals surface area contributed by atoms with Crippen LogP contribution in [-0.2, 0) is 20.4 Å². The molecular formula is C22H18F3N3O5. The van der Waals surface area contributed by atoms with Crippen LogP contribution < -0.4 is 16.2 Å². The number of pyridine rings is 1. The first-order chi connectivity index (χ1) is 15.7. The fraction of sp³-hybridized carbons (Fsp3) is 0.227. The van der Waals surface area contributed by atoms with E-state index in [-0.39, 0.29) is 36.3 Å². The molecule has 0 bridgehead atoms. The van der Waals surface area contributed by atoms with E-state index in [1.165, 1.54) is 41.3 Å². The highest BCUT2D eigenvalue weighted by Crippen LogP contribution is 2.36. The second kappa shape index (κ2) is 8.58. The molecule has 4 rings (SSSR count). The highest BCUT2D eigenvalue weighted by molar-refractivity contribution is 5.94. The Labute approximate surface area is 184 Å². The first-order valence-corrected chi connectivity index (χ1v) is 9.85. The minimum atomic E-state index is -4.59. The average molecular weight is 461 g/mol. The van der Waals surface area contributed by atoms with Crippen LogP contribution in [0.3, 0.4) is 0 Å². The van der Waals surface area contributed by atoms with E-state index in [4.69, 9.17) is 15.2 Å². The molecule has 1 fully saturated rings. The number of hydrogen-bond acceptors (Lipinski definition) is 6. The number of amides is 1. The number of anilines is 1. The van der Waals surface area contributed by atoms with Crippen molar-refractivity contribution in [3.8, 4) is 11.3 Å². The number of fused-ring (bicyclic) bond motifs is 1. The Kier molecular flexibility index (Phi) is 5.81. The zero-order chi connectivity index (χ0) is 23.8. The summed E-state index contributed by atoms with van der Waals surface area (Å²) in [6.45, 7) is -0.376. The Morgan fingerprint density at radius 2 is 1.94 bits per heavy atom. The number of benzene rings is 2. The molecule has 33 heavy (non-hydrogen) atoms. The van der Waals surface area contributed by atoms with Crippen LogP contribution in [0.2, 0.25) is 0 Å². The lowest BCUT2D eigenvalue weighted by molar-refractivity contribution is -0.144. The van der Waals surface area contributed by atoms with E-state index >= 15 is 0 Å². The van der Waals surface area contributed by atoms with Crippen molar-refractivity contribution >= 4 is 28.5 Å². The number of cyclic esters (lactones) is 1. The van der Waals surface area contributed by atoms with Gasteiger partial charge in [-0.2, -0.15) is 13.2 Å². The predicted molar refractivity (Wildman–Crippen MR) is 113 cm³/mol. The van der Waals surface area contributed by atoms with Gasteiger partial charge in [0.1, 0.15) is 6.61 Å². The van der Waals surface area contributed by atoms with Gasteiger partial charge in [-0.15, -0.1) is 0 Å². The summed E-state index contributed by atoms with van der Waals surface area (Å²) in [6.07, 6.45) is -5.98. The number of nitrogens with zero attached hydrogens (tertiary/aromatic N) is 1.